The van der Waals surface area contributed by atoms with Crippen molar-refractivity contribution >= 4 is 59.9 Å². The van der Waals surface area contributed by atoms with Gasteiger partial charge in [-0.05, 0) is 120 Å². The molecule has 0 amide bonds. The molecular formula is C54H33N3. The van der Waals surface area contributed by atoms with Gasteiger partial charge in [0, 0.05) is 28.2 Å². The molecule has 57 heavy (non-hydrogen) atoms. The topological polar surface area (TPSA) is 22.2 Å². The Hall–Kier alpha value is -7.80. The summed E-state index contributed by atoms with van der Waals surface area (Å²) < 4.78 is 2.31. The van der Waals surface area contributed by atoms with Crippen LogP contribution in [0, 0.1) is 6.57 Å². The van der Waals surface area contributed by atoms with Crippen molar-refractivity contribution in [3.63, 3.8) is 0 Å². The maximum absolute atomic E-state index is 7.88. The van der Waals surface area contributed by atoms with E-state index in [4.69, 9.17) is 11.6 Å². The Morgan fingerprint density at radius 3 is 1.65 bits per heavy atom. The van der Waals surface area contributed by atoms with E-state index in [1.165, 1.54) is 43.8 Å². The molecule has 0 atom stereocenters. The van der Waals surface area contributed by atoms with Crippen molar-refractivity contribution in [1.29, 1.82) is 0 Å². The van der Waals surface area contributed by atoms with Gasteiger partial charge in [-0.25, -0.2) is 4.85 Å². The lowest BCUT2D eigenvalue weighted by atomic mass is 9.83. The third kappa shape index (κ3) is 5.31. The summed E-state index contributed by atoms with van der Waals surface area (Å²) in [6.07, 6.45) is 1.90. The zero-order valence-corrected chi connectivity index (χ0v) is 30.9. The Labute approximate surface area is 330 Å². The third-order valence-electron chi connectivity index (χ3n) is 11.4. The summed E-state index contributed by atoms with van der Waals surface area (Å²) in [5.41, 5.74) is 14.1. The van der Waals surface area contributed by atoms with Gasteiger partial charge in [0.2, 0.25) is 0 Å². The Morgan fingerprint density at radius 1 is 0.404 bits per heavy atom. The predicted molar refractivity (Wildman–Crippen MR) is 239 cm³/mol. The number of rotatable bonds is 5. The van der Waals surface area contributed by atoms with Crippen molar-refractivity contribution in [2.75, 3.05) is 0 Å². The zero-order chi connectivity index (χ0) is 37.9. The first-order chi connectivity index (χ1) is 28.2. The average Bonchev–Trinajstić information content (AvgIpc) is 3.61. The molecule has 0 aliphatic carbocycles. The van der Waals surface area contributed by atoms with Crippen molar-refractivity contribution in [3.8, 4) is 50.2 Å². The van der Waals surface area contributed by atoms with Gasteiger partial charge in [-0.2, -0.15) is 0 Å². The van der Waals surface area contributed by atoms with Gasteiger partial charge in [0.1, 0.15) is 0 Å². The normalized spacial score (nSPS) is 11.5. The van der Waals surface area contributed by atoms with E-state index in [9.17, 15) is 0 Å². The molecule has 0 unspecified atom stereocenters. The molecule has 0 radical (unpaired) electrons. The fourth-order valence-corrected chi connectivity index (χ4v) is 8.85. The van der Waals surface area contributed by atoms with Crippen LogP contribution in [0.5, 0.6) is 0 Å². The molecular weight excluding hydrogens is 691 g/mol. The summed E-state index contributed by atoms with van der Waals surface area (Å²) in [7, 11) is 0. The van der Waals surface area contributed by atoms with Gasteiger partial charge >= 0.3 is 0 Å². The number of hydrogen-bond acceptors (Lipinski definition) is 1. The second-order valence-electron chi connectivity index (χ2n) is 14.6. The summed E-state index contributed by atoms with van der Waals surface area (Å²) in [5, 5.41) is 7.97. The summed E-state index contributed by atoms with van der Waals surface area (Å²) in [4.78, 5) is 8.82. The summed E-state index contributed by atoms with van der Waals surface area (Å²) in [6.45, 7) is 7.88. The molecule has 0 saturated heterocycles. The van der Waals surface area contributed by atoms with Crippen LogP contribution < -0.4 is 0 Å². The lowest BCUT2D eigenvalue weighted by Crippen LogP contribution is -1.95. The number of fused-ring (bicyclic) bond motifs is 6. The first-order valence-electron chi connectivity index (χ1n) is 19.2. The standard InChI is InChI=1S/C54H33N3/c1-55-41-25-29-51-47(34-41)46-33-40(24-28-50(46)57(51)42-19-9-4-10-20-42)52-43-26-22-39(36-15-7-3-8-16-36)32-49(43)53(45-21-11-17-37-18-12-30-56-54(37)45)44-27-23-38(31-48(44)52)35-13-5-2-6-14-35/h2-34H. The predicted octanol–water partition coefficient (Wildman–Crippen LogP) is 14.9. The summed E-state index contributed by atoms with van der Waals surface area (Å²) in [6, 6.07) is 69.3. The van der Waals surface area contributed by atoms with E-state index in [0.29, 0.717) is 5.69 Å². The van der Waals surface area contributed by atoms with Gasteiger partial charge in [0.05, 0.1) is 23.1 Å². The first-order valence-corrected chi connectivity index (χ1v) is 19.2. The first kappa shape index (κ1) is 32.6. The molecule has 264 valence electrons. The lowest BCUT2D eigenvalue weighted by Gasteiger charge is -2.20. The number of nitrogens with zero attached hydrogens (tertiary/aromatic N) is 3. The Bertz CT molecular complexity index is 3390. The highest BCUT2D eigenvalue weighted by Crippen LogP contribution is 2.48. The highest BCUT2D eigenvalue weighted by atomic mass is 15.0. The second-order valence-corrected chi connectivity index (χ2v) is 14.6. The van der Waals surface area contributed by atoms with E-state index in [1.807, 2.05) is 30.5 Å². The quantitative estimate of drug-likeness (QED) is 0.128. The summed E-state index contributed by atoms with van der Waals surface area (Å²) in [5.74, 6) is 0. The molecule has 0 fully saturated rings. The van der Waals surface area contributed by atoms with Crippen molar-refractivity contribution in [2.45, 2.75) is 0 Å². The minimum absolute atomic E-state index is 0.630. The number of benzene rings is 9. The second kappa shape index (κ2) is 13.2. The van der Waals surface area contributed by atoms with Crippen molar-refractivity contribution in [2.24, 2.45) is 0 Å². The van der Waals surface area contributed by atoms with Crippen LogP contribution in [0.2, 0.25) is 0 Å². The Balaban J connectivity index is 1.29. The Morgan fingerprint density at radius 2 is 0.965 bits per heavy atom. The van der Waals surface area contributed by atoms with Crippen LogP contribution in [0.3, 0.4) is 0 Å². The van der Waals surface area contributed by atoms with Crippen LogP contribution in [0.25, 0.3) is 109 Å². The minimum atomic E-state index is 0.630. The highest BCUT2D eigenvalue weighted by molar-refractivity contribution is 6.25. The zero-order valence-electron chi connectivity index (χ0n) is 30.9. The van der Waals surface area contributed by atoms with Crippen LogP contribution in [0.15, 0.2) is 200 Å². The van der Waals surface area contributed by atoms with Gasteiger partial charge in [-0.15, -0.1) is 0 Å². The molecule has 2 heterocycles. The third-order valence-corrected chi connectivity index (χ3v) is 11.4. The molecule has 2 aromatic heterocycles. The van der Waals surface area contributed by atoms with E-state index < -0.39 is 0 Å². The molecule has 3 nitrogen and oxygen atoms in total. The van der Waals surface area contributed by atoms with Crippen molar-refractivity contribution in [3.05, 3.63) is 212 Å². The molecule has 9 aromatic carbocycles. The van der Waals surface area contributed by atoms with Crippen LogP contribution in [0.1, 0.15) is 0 Å². The molecule has 0 spiro atoms. The van der Waals surface area contributed by atoms with Gasteiger partial charge in [-0.3, -0.25) is 4.98 Å². The van der Waals surface area contributed by atoms with Gasteiger partial charge in [0.15, 0.2) is 5.69 Å². The van der Waals surface area contributed by atoms with Crippen LogP contribution >= 0.6 is 0 Å². The monoisotopic (exact) mass is 723 g/mol. The van der Waals surface area contributed by atoms with Gasteiger partial charge in [0.25, 0.3) is 0 Å². The highest BCUT2D eigenvalue weighted by Gasteiger charge is 2.22. The molecule has 3 heteroatoms. The van der Waals surface area contributed by atoms with Crippen LogP contribution in [0.4, 0.5) is 5.69 Å². The number of para-hydroxylation sites is 2. The smallest absolute Gasteiger partial charge is 0.188 e. The molecule has 0 aliphatic heterocycles. The fourth-order valence-electron chi connectivity index (χ4n) is 8.85. The molecule has 0 bridgehead atoms. The maximum atomic E-state index is 7.88. The van der Waals surface area contributed by atoms with E-state index >= 15 is 0 Å². The molecule has 0 N–H and O–H groups in total. The summed E-state index contributed by atoms with van der Waals surface area (Å²) >= 11 is 0. The van der Waals surface area contributed by atoms with Crippen molar-refractivity contribution in [1.82, 2.24) is 9.55 Å². The number of hydrogen-bond donors (Lipinski definition) is 0. The number of pyridine rings is 1. The maximum Gasteiger partial charge on any atom is 0.188 e. The van der Waals surface area contributed by atoms with Crippen molar-refractivity contribution < 1.29 is 0 Å². The minimum Gasteiger partial charge on any atom is -0.309 e. The molecule has 0 saturated carbocycles. The largest absolute Gasteiger partial charge is 0.309 e. The Kier molecular flexibility index (Phi) is 7.55. The van der Waals surface area contributed by atoms with E-state index in [2.05, 4.69) is 179 Å². The molecule has 0 aliphatic rings. The van der Waals surface area contributed by atoms with Gasteiger partial charge in [-0.1, -0.05) is 140 Å². The van der Waals surface area contributed by atoms with E-state index in [-0.39, 0.29) is 0 Å². The van der Waals surface area contributed by atoms with Crippen LogP contribution in [-0.4, -0.2) is 9.55 Å². The fraction of sp³-hybridized carbons (Fsp3) is 0. The molecule has 11 aromatic rings. The van der Waals surface area contributed by atoms with E-state index in [0.717, 1.165) is 60.6 Å². The van der Waals surface area contributed by atoms with Gasteiger partial charge < -0.3 is 4.57 Å². The SMILES string of the molecule is [C-]#[N+]c1ccc2c(c1)c1cc(-c3c4cc(-c5ccccc5)ccc4c(-c4cccc5cccnc45)c4cc(-c5ccccc5)ccc34)ccc1n2-c1ccccc1. The number of aromatic nitrogens is 2. The lowest BCUT2D eigenvalue weighted by molar-refractivity contribution is 1.18. The van der Waals surface area contributed by atoms with Crippen LogP contribution in [-0.2, 0) is 0 Å². The van der Waals surface area contributed by atoms with E-state index in [1.54, 1.807) is 0 Å². The average molecular weight is 724 g/mol. The molecule has 11 rings (SSSR count).